The molecule has 0 aromatic carbocycles. The van der Waals surface area contributed by atoms with Crippen LogP contribution < -0.4 is 0 Å². The first-order valence-electron chi connectivity index (χ1n) is 27.2. The van der Waals surface area contributed by atoms with Gasteiger partial charge in [-0.1, -0.05) is 165 Å². The Morgan fingerprint density at radius 3 is 1.46 bits per heavy atom. The molecule has 2 rings (SSSR count). The lowest BCUT2D eigenvalue weighted by Crippen LogP contribution is -2.61. The van der Waals surface area contributed by atoms with Crippen LogP contribution in [0.5, 0.6) is 0 Å². The predicted molar refractivity (Wildman–Crippen MR) is 270 cm³/mol. The number of hydrogen-bond donors (Lipinski definition) is 7. The maximum atomic E-state index is 13.0. The van der Waals surface area contributed by atoms with E-state index >= 15 is 0 Å². The summed E-state index contributed by atoms with van der Waals surface area (Å²) in [6.45, 7) is 3.61. The summed E-state index contributed by atoms with van der Waals surface area (Å²) in [5.74, 6) is -0.390. The van der Waals surface area contributed by atoms with Crippen LogP contribution in [0.4, 0.5) is 0 Å². The van der Waals surface area contributed by atoms with Crippen LogP contribution in [0, 0.1) is 0 Å². The number of aliphatic hydroxyl groups is 7. The van der Waals surface area contributed by atoms with Crippen LogP contribution in [-0.4, -0.2) is 142 Å². The summed E-state index contributed by atoms with van der Waals surface area (Å²) in [5, 5.41) is 72.1. The third-order valence-corrected chi connectivity index (χ3v) is 12.8. The van der Waals surface area contributed by atoms with Crippen molar-refractivity contribution in [1.82, 2.24) is 0 Å². The molecule has 11 atom stereocenters. The Kier molecular flexibility index (Phi) is 38.8. The molecule has 2 heterocycles. The second-order valence-electron chi connectivity index (χ2n) is 19.0. The summed E-state index contributed by atoms with van der Waals surface area (Å²) in [6, 6.07) is 0. The number of carbonyl (C=O) groups excluding carboxylic acids is 1. The molecule has 0 spiro atoms. The number of ether oxygens (including phenoxy) is 6. The van der Waals surface area contributed by atoms with Crippen molar-refractivity contribution in [3.63, 3.8) is 0 Å². The van der Waals surface area contributed by atoms with E-state index in [-0.39, 0.29) is 25.6 Å². The standard InChI is InChI=1S/C55H98O14/c1-3-5-7-9-11-13-15-16-17-18-19-20-21-22-23-24-25-26-27-29-31-33-35-37-39-64-41-44(67-47(57)38-36-34-32-30-28-14-12-10-8-6-4-2)42-65-54-53(63)51(61)49(59)46(69-54)43-66-55-52(62)50(60)48(58)45(40-56)68-55/h10,12,15-16,18-19,21-22,44-46,48-56,58-63H,3-9,11,13-14,17,20,23-43H2,1-2H3/b12-10-,16-15-,19-18-,22-21-. The molecule has 7 N–H and O–H groups in total. The van der Waals surface area contributed by atoms with Crippen molar-refractivity contribution in [2.24, 2.45) is 0 Å². The molecule has 0 amide bonds. The van der Waals surface area contributed by atoms with Gasteiger partial charge in [-0.15, -0.1) is 0 Å². The zero-order valence-corrected chi connectivity index (χ0v) is 42.8. The van der Waals surface area contributed by atoms with Gasteiger partial charge in [0, 0.05) is 13.0 Å². The first kappa shape index (κ1) is 63.1. The Hall–Kier alpha value is -2.05. The van der Waals surface area contributed by atoms with Gasteiger partial charge in [0.2, 0.25) is 0 Å². The molecular formula is C55H98O14. The van der Waals surface area contributed by atoms with Crippen molar-refractivity contribution in [3.05, 3.63) is 48.6 Å². The molecule has 2 fully saturated rings. The Morgan fingerprint density at radius 1 is 0.478 bits per heavy atom. The van der Waals surface area contributed by atoms with Gasteiger partial charge in [0.05, 0.1) is 26.4 Å². The number of esters is 1. The van der Waals surface area contributed by atoms with Gasteiger partial charge in [0.15, 0.2) is 12.6 Å². The summed E-state index contributed by atoms with van der Waals surface area (Å²) in [5.41, 5.74) is 0. The van der Waals surface area contributed by atoms with E-state index in [1.807, 2.05) is 0 Å². The molecule has 0 aromatic heterocycles. The van der Waals surface area contributed by atoms with Gasteiger partial charge in [0.25, 0.3) is 0 Å². The molecule has 0 bridgehead atoms. The molecule has 0 aromatic rings. The monoisotopic (exact) mass is 983 g/mol. The lowest BCUT2D eigenvalue weighted by atomic mass is 9.98. The van der Waals surface area contributed by atoms with Crippen LogP contribution in [0.3, 0.4) is 0 Å². The maximum Gasteiger partial charge on any atom is 0.306 e. The number of aliphatic hydroxyl groups excluding tert-OH is 7. The van der Waals surface area contributed by atoms with Crippen LogP contribution in [0.25, 0.3) is 0 Å². The van der Waals surface area contributed by atoms with Gasteiger partial charge in [-0.3, -0.25) is 4.79 Å². The Balaban J connectivity index is 1.70. The highest BCUT2D eigenvalue weighted by Gasteiger charge is 2.47. The predicted octanol–water partition coefficient (Wildman–Crippen LogP) is 8.74. The molecular weight excluding hydrogens is 885 g/mol. The van der Waals surface area contributed by atoms with Gasteiger partial charge in [-0.05, 0) is 70.6 Å². The highest BCUT2D eigenvalue weighted by Crippen LogP contribution is 2.26. The molecule has 11 unspecified atom stereocenters. The minimum atomic E-state index is -1.71. The third kappa shape index (κ3) is 29.9. The van der Waals surface area contributed by atoms with E-state index in [1.165, 1.54) is 89.9 Å². The summed E-state index contributed by atoms with van der Waals surface area (Å²) in [4.78, 5) is 13.0. The van der Waals surface area contributed by atoms with Crippen molar-refractivity contribution in [1.29, 1.82) is 0 Å². The molecule has 2 aliphatic heterocycles. The second kappa shape index (κ2) is 42.5. The topological polar surface area (TPSA) is 214 Å². The fourth-order valence-corrected chi connectivity index (χ4v) is 8.33. The van der Waals surface area contributed by atoms with E-state index in [0.29, 0.717) is 13.0 Å². The van der Waals surface area contributed by atoms with Gasteiger partial charge in [0.1, 0.15) is 54.9 Å². The SMILES string of the molecule is CCCC/C=C\CCCCCCCC(=O)OC(COCCCCCCCCCCC/C=C\C/C=C\C/C=C\CCCCCCC)COC1OC(COC2OC(CO)C(O)C(O)C2O)C(O)C(O)C1O. The average Bonchev–Trinajstić information content (AvgIpc) is 3.35. The van der Waals surface area contributed by atoms with Crippen molar-refractivity contribution < 1.29 is 69.0 Å². The molecule has 14 heteroatoms. The fraction of sp³-hybridized carbons (Fsp3) is 0.836. The highest BCUT2D eigenvalue weighted by molar-refractivity contribution is 5.69. The van der Waals surface area contributed by atoms with Crippen molar-refractivity contribution >= 4 is 5.97 Å². The third-order valence-electron chi connectivity index (χ3n) is 12.8. The Bertz CT molecular complexity index is 1320. The lowest BCUT2D eigenvalue weighted by Gasteiger charge is -2.42. The molecule has 0 saturated carbocycles. The highest BCUT2D eigenvalue weighted by atomic mass is 16.7. The minimum absolute atomic E-state index is 0.0536. The first-order valence-corrected chi connectivity index (χ1v) is 27.2. The summed E-state index contributed by atoms with van der Waals surface area (Å²) < 4.78 is 34.3. The van der Waals surface area contributed by atoms with E-state index in [1.54, 1.807) is 0 Å². The number of allylic oxidation sites excluding steroid dienone is 8. The maximum absolute atomic E-state index is 13.0. The minimum Gasteiger partial charge on any atom is -0.457 e. The summed E-state index contributed by atoms with van der Waals surface area (Å²) >= 11 is 0. The molecule has 2 saturated heterocycles. The number of unbranched alkanes of at least 4 members (excludes halogenated alkanes) is 21. The van der Waals surface area contributed by atoms with E-state index < -0.39 is 80.7 Å². The van der Waals surface area contributed by atoms with E-state index in [4.69, 9.17) is 28.4 Å². The number of rotatable bonds is 43. The summed E-state index contributed by atoms with van der Waals surface area (Å²) in [6.07, 6.45) is 33.2. The van der Waals surface area contributed by atoms with Crippen molar-refractivity contribution in [3.8, 4) is 0 Å². The van der Waals surface area contributed by atoms with Crippen LogP contribution >= 0.6 is 0 Å². The smallest absolute Gasteiger partial charge is 0.306 e. The largest absolute Gasteiger partial charge is 0.457 e. The van der Waals surface area contributed by atoms with Gasteiger partial charge >= 0.3 is 5.97 Å². The van der Waals surface area contributed by atoms with E-state index in [0.717, 1.165) is 77.0 Å². The van der Waals surface area contributed by atoms with Crippen LogP contribution in [0.15, 0.2) is 48.6 Å². The average molecular weight is 983 g/mol. The second-order valence-corrected chi connectivity index (χ2v) is 19.0. The molecule has 0 aliphatic carbocycles. The van der Waals surface area contributed by atoms with Gasteiger partial charge in [-0.25, -0.2) is 0 Å². The van der Waals surface area contributed by atoms with Crippen LogP contribution in [0.1, 0.15) is 194 Å². The number of carbonyl (C=O) groups is 1. The quantitative estimate of drug-likeness (QED) is 0.0173. The fourth-order valence-electron chi connectivity index (χ4n) is 8.33. The molecule has 402 valence electrons. The van der Waals surface area contributed by atoms with Crippen molar-refractivity contribution in [2.75, 3.05) is 33.0 Å². The van der Waals surface area contributed by atoms with Crippen LogP contribution in [0.2, 0.25) is 0 Å². The normalized spacial score (nSPS) is 26.0. The molecule has 69 heavy (non-hydrogen) atoms. The van der Waals surface area contributed by atoms with E-state index in [9.17, 15) is 40.5 Å². The Labute approximate surface area is 416 Å². The number of hydrogen-bond acceptors (Lipinski definition) is 14. The van der Waals surface area contributed by atoms with Gasteiger partial charge < -0.3 is 64.2 Å². The zero-order valence-electron chi connectivity index (χ0n) is 42.8. The van der Waals surface area contributed by atoms with Crippen molar-refractivity contribution in [2.45, 2.75) is 261 Å². The first-order chi connectivity index (χ1) is 33.6. The molecule has 0 radical (unpaired) electrons. The lowest BCUT2D eigenvalue weighted by molar-refractivity contribution is -0.332. The Morgan fingerprint density at radius 2 is 0.913 bits per heavy atom. The molecule has 14 nitrogen and oxygen atoms in total. The van der Waals surface area contributed by atoms with Gasteiger partial charge in [-0.2, -0.15) is 0 Å². The zero-order chi connectivity index (χ0) is 50.2. The molecule has 2 aliphatic rings. The summed E-state index contributed by atoms with van der Waals surface area (Å²) in [7, 11) is 0. The van der Waals surface area contributed by atoms with E-state index in [2.05, 4.69) is 62.5 Å². The van der Waals surface area contributed by atoms with Crippen LogP contribution in [-0.2, 0) is 33.2 Å².